The van der Waals surface area contributed by atoms with Crippen molar-refractivity contribution in [2.24, 2.45) is 5.92 Å². The van der Waals surface area contributed by atoms with Gasteiger partial charge in [-0.05, 0) is 29.2 Å². The molecule has 2 heterocycles. The van der Waals surface area contributed by atoms with Crippen LogP contribution in [0.25, 0.3) is 10.2 Å². The maximum absolute atomic E-state index is 12.6. The van der Waals surface area contributed by atoms with Crippen molar-refractivity contribution in [2.75, 3.05) is 11.9 Å². The van der Waals surface area contributed by atoms with Crippen molar-refractivity contribution in [3.8, 4) is 0 Å². The summed E-state index contributed by atoms with van der Waals surface area (Å²) in [6.45, 7) is 5.31. The Morgan fingerprint density at radius 3 is 2.68 bits per heavy atom. The number of rotatable bonds is 5. The van der Waals surface area contributed by atoms with Gasteiger partial charge in [0.05, 0.1) is 16.1 Å². The molecule has 1 atom stereocenters. The molecular weight excluding hydrogens is 370 g/mol. The van der Waals surface area contributed by atoms with Gasteiger partial charge in [0, 0.05) is 19.5 Å². The fraction of sp³-hybridized carbons (Fsp3) is 0.318. The van der Waals surface area contributed by atoms with Gasteiger partial charge in [0.15, 0.2) is 5.13 Å². The molecule has 0 aliphatic carbocycles. The molecular formula is C22H23N3O2S. The van der Waals surface area contributed by atoms with Gasteiger partial charge in [-0.15, -0.1) is 0 Å². The third-order valence-electron chi connectivity index (χ3n) is 5.13. The van der Waals surface area contributed by atoms with Crippen molar-refractivity contribution in [1.29, 1.82) is 0 Å². The van der Waals surface area contributed by atoms with E-state index in [1.54, 1.807) is 4.90 Å². The second kappa shape index (κ2) is 7.72. The number of hydrogen-bond donors (Lipinski definition) is 1. The van der Waals surface area contributed by atoms with Crippen molar-refractivity contribution >= 4 is 38.5 Å². The summed E-state index contributed by atoms with van der Waals surface area (Å²) in [4.78, 5) is 31.2. The fourth-order valence-corrected chi connectivity index (χ4v) is 4.33. The normalized spacial score (nSPS) is 16.9. The summed E-state index contributed by atoms with van der Waals surface area (Å²) in [7, 11) is 0. The highest BCUT2D eigenvalue weighted by Gasteiger charge is 2.34. The number of nitrogens with zero attached hydrogens (tertiary/aromatic N) is 2. The minimum Gasteiger partial charge on any atom is -0.338 e. The third-order valence-corrected chi connectivity index (χ3v) is 6.08. The molecule has 0 spiro atoms. The summed E-state index contributed by atoms with van der Waals surface area (Å²) >= 11 is 1.45. The maximum Gasteiger partial charge on any atom is 0.231 e. The van der Waals surface area contributed by atoms with Crippen LogP contribution in [0.3, 0.4) is 0 Å². The monoisotopic (exact) mass is 393 g/mol. The number of hydrogen-bond acceptors (Lipinski definition) is 4. The van der Waals surface area contributed by atoms with Crippen molar-refractivity contribution in [3.63, 3.8) is 0 Å². The molecule has 144 valence electrons. The SMILES string of the molecule is CC(C)c1ccc(CN2C[C@@H](C(=O)Nc3nc4ccccc4s3)CC2=O)cc1. The smallest absolute Gasteiger partial charge is 0.231 e. The standard InChI is InChI=1S/C22H23N3O2S/c1-14(2)16-9-7-15(8-10-16)12-25-13-17(11-20(25)26)21(27)24-22-23-18-5-3-4-6-19(18)28-22/h3-10,14,17H,11-13H2,1-2H3,(H,23,24,27)/t17-/m0/s1. The average Bonchev–Trinajstić information content (AvgIpc) is 3.25. The predicted octanol–water partition coefficient (Wildman–Crippen LogP) is 4.41. The molecule has 1 aliphatic rings. The van der Waals surface area contributed by atoms with E-state index >= 15 is 0 Å². The maximum atomic E-state index is 12.6. The van der Waals surface area contributed by atoms with E-state index in [0.29, 0.717) is 24.1 Å². The van der Waals surface area contributed by atoms with Gasteiger partial charge in [-0.1, -0.05) is 61.6 Å². The first-order valence-electron chi connectivity index (χ1n) is 9.52. The number of para-hydroxylation sites is 1. The first-order chi connectivity index (χ1) is 13.5. The lowest BCUT2D eigenvalue weighted by atomic mass is 10.0. The van der Waals surface area contributed by atoms with Crippen molar-refractivity contribution < 1.29 is 9.59 Å². The van der Waals surface area contributed by atoms with E-state index in [0.717, 1.165) is 15.8 Å². The Hall–Kier alpha value is -2.73. The van der Waals surface area contributed by atoms with Gasteiger partial charge in [-0.2, -0.15) is 0 Å². The van der Waals surface area contributed by atoms with Crippen LogP contribution in [0.15, 0.2) is 48.5 Å². The second-order valence-electron chi connectivity index (χ2n) is 7.55. The first kappa shape index (κ1) is 18.6. The minimum absolute atomic E-state index is 0.0254. The van der Waals surface area contributed by atoms with Gasteiger partial charge in [0.2, 0.25) is 11.8 Å². The van der Waals surface area contributed by atoms with Crippen LogP contribution < -0.4 is 5.32 Å². The number of benzene rings is 2. The molecule has 0 saturated carbocycles. The molecule has 0 radical (unpaired) electrons. The number of aromatic nitrogens is 1. The number of likely N-dealkylation sites (tertiary alicyclic amines) is 1. The van der Waals surface area contributed by atoms with E-state index < -0.39 is 0 Å². The van der Waals surface area contributed by atoms with Gasteiger partial charge < -0.3 is 10.2 Å². The van der Waals surface area contributed by atoms with Crippen LogP contribution in [0.4, 0.5) is 5.13 Å². The lowest BCUT2D eigenvalue weighted by Crippen LogP contribution is -2.28. The summed E-state index contributed by atoms with van der Waals surface area (Å²) in [6.07, 6.45) is 0.251. The van der Waals surface area contributed by atoms with Gasteiger partial charge in [0.25, 0.3) is 0 Å². The van der Waals surface area contributed by atoms with E-state index in [1.165, 1.54) is 16.9 Å². The molecule has 1 aromatic heterocycles. The Labute approximate surface area is 168 Å². The van der Waals surface area contributed by atoms with E-state index in [-0.39, 0.29) is 24.2 Å². The number of thiazole rings is 1. The van der Waals surface area contributed by atoms with Crippen LogP contribution in [0.1, 0.15) is 37.3 Å². The molecule has 5 nitrogen and oxygen atoms in total. The number of fused-ring (bicyclic) bond motifs is 1. The van der Waals surface area contributed by atoms with E-state index in [1.807, 2.05) is 24.3 Å². The van der Waals surface area contributed by atoms with Crippen LogP contribution in [-0.4, -0.2) is 28.2 Å². The van der Waals surface area contributed by atoms with Crippen LogP contribution >= 0.6 is 11.3 Å². The van der Waals surface area contributed by atoms with E-state index in [9.17, 15) is 9.59 Å². The molecule has 4 rings (SSSR count). The molecule has 2 aromatic carbocycles. The zero-order valence-corrected chi connectivity index (χ0v) is 16.8. The molecule has 0 bridgehead atoms. The van der Waals surface area contributed by atoms with E-state index in [2.05, 4.69) is 48.4 Å². The topological polar surface area (TPSA) is 62.3 Å². The summed E-state index contributed by atoms with van der Waals surface area (Å²) < 4.78 is 1.03. The number of carbonyl (C=O) groups excluding carboxylic acids is 2. The Kier molecular flexibility index (Phi) is 5.13. The molecule has 0 unspecified atom stereocenters. The zero-order chi connectivity index (χ0) is 19.7. The highest BCUT2D eigenvalue weighted by atomic mass is 32.1. The molecule has 3 aromatic rings. The van der Waals surface area contributed by atoms with Gasteiger partial charge in [0.1, 0.15) is 0 Å². The minimum atomic E-state index is -0.338. The molecule has 1 N–H and O–H groups in total. The Balaban J connectivity index is 1.38. The van der Waals surface area contributed by atoms with Gasteiger partial charge >= 0.3 is 0 Å². The summed E-state index contributed by atoms with van der Waals surface area (Å²) in [5.41, 5.74) is 3.24. The third kappa shape index (κ3) is 3.92. The number of amides is 2. The molecule has 6 heteroatoms. The Bertz CT molecular complexity index is 977. The van der Waals surface area contributed by atoms with Crippen molar-refractivity contribution in [2.45, 2.75) is 32.7 Å². The van der Waals surface area contributed by atoms with E-state index in [4.69, 9.17) is 0 Å². The highest BCUT2D eigenvalue weighted by molar-refractivity contribution is 7.22. The van der Waals surface area contributed by atoms with Gasteiger partial charge in [-0.3, -0.25) is 9.59 Å². The number of nitrogens with one attached hydrogen (secondary N) is 1. The first-order valence-corrected chi connectivity index (χ1v) is 10.3. The molecule has 1 saturated heterocycles. The van der Waals surface area contributed by atoms with Crippen molar-refractivity contribution in [1.82, 2.24) is 9.88 Å². The molecule has 1 aliphatic heterocycles. The summed E-state index contributed by atoms with van der Waals surface area (Å²) in [5, 5.41) is 3.47. The van der Waals surface area contributed by atoms with Crippen LogP contribution in [0.5, 0.6) is 0 Å². The lowest BCUT2D eigenvalue weighted by Gasteiger charge is -2.17. The molecule has 2 amide bonds. The van der Waals surface area contributed by atoms with Crippen LogP contribution in [0, 0.1) is 5.92 Å². The fourth-order valence-electron chi connectivity index (χ4n) is 3.46. The number of anilines is 1. The average molecular weight is 394 g/mol. The van der Waals surface area contributed by atoms with Crippen molar-refractivity contribution in [3.05, 3.63) is 59.7 Å². The quantitative estimate of drug-likeness (QED) is 0.698. The largest absolute Gasteiger partial charge is 0.338 e. The highest BCUT2D eigenvalue weighted by Crippen LogP contribution is 2.27. The zero-order valence-electron chi connectivity index (χ0n) is 16.0. The summed E-state index contributed by atoms with van der Waals surface area (Å²) in [6, 6.07) is 16.1. The van der Waals surface area contributed by atoms with Crippen LogP contribution in [0.2, 0.25) is 0 Å². The lowest BCUT2D eigenvalue weighted by molar-refractivity contribution is -0.128. The Morgan fingerprint density at radius 1 is 1.21 bits per heavy atom. The molecule has 1 fully saturated rings. The van der Waals surface area contributed by atoms with Gasteiger partial charge in [-0.25, -0.2) is 4.98 Å². The predicted molar refractivity (Wildman–Crippen MR) is 112 cm³/mol. The Morgan fingerprint density at radius 2 is 1.96 bits per heavy atom. The number of carbonyl (C=O) groups is 2. The second-order valence-corrected chi connectivity index (χ2v) is 8.58. The van der Waals surface area contributed by atoms with Crippen LogP contribution in [-0.2, 0) is 16.1 Å². The summed E-state index contributed by atoms with van der Waals surface area (Å²) in [5.74, 6) is 0.0370. The molecule has 28 heavy (non-hydrogen) atoms.